The first-order valence-electron chi connectivity index (χ1n) is 6.17. The van der Waals surface area contributed by atoms with Crippen LogP contribution in [-0.4, -0.2) is 12.3 Å². The molecule has 1 aromatic heterocycles. The number of thiophene rings is 1. The van der Waals surface area contributed by atoms with Gasteiger partial charge in [-0.2, -0.15) is 0 Å². The zero-order valence-corrected chi connectivity index (χ0v) is 11.1. The van der Waals surface area contributed by atoms with Crippen LogP contribution >= 0.6 is 11.3 Å². The summed E-state index contributed by atoms with van der Waals surface area (Å²) in [5.74, 6) is 0.165. The molecular weight excluding hydrogens is 242 g/mol. The Bertz CT molecular complexity index is 600. The van der Waals surface area contributed by atoms with Crippen molar-refractivity contribution < 1.29 is 4.79 Å². The largest absolute Gasteiger partial charge is 0.312 e. The van der Waals surface area contributed by atoms with E-state index in [1.165, 1.54) is 16.0 Å². The van der Waals surface area contributed by atoms with Gasteiger partial charge in [-0.1, -0.05) is 18.2 Å². The van der Waals surface area contributed by atoms with Crippen molar-refractivity contribution in [3.05, 3.63) is 56.8 Å². The predicted molar refractivity (Wildman–Crippen MR) is 74.3 cm³/mol. The number of rotatable bonds is 2. The first kappa shape index (κ1) is 11.6. The number of hydrogen-bond donors (Lipinski definition) is 1. The number of carbonyl (C=O) groups is 1. The Kier molecular flexibility index (Phi) is 3.02. The summed E-state index contributed by atoms with van der Waals surface area (Å²) in [7, 11) is 0. The number of benzene rings is 1. The Morgan fingerprint density at radius 2 is 2.28 bits per heavy atom. The number of carbonyl (C=O) groups excluding carboxylic acids is 1. The fraction of sp³-hybridized carbons (Fsp3) is 0.267. The van der Waals surface area contributed by atoms with E-state index in [9.17, 15) is 4.79 Å². The first-order valence-corrected chi connectivity index (χ1v) is 7.05. The number of aryl methyl sites for hydroxylation is 1. The van der Waals surface area contributed by atoms with Gasteiger partial charge in [-0.15, -0.1) is 11.3 Å². The maximum absolute atomic E-state index is 12.5. The van der Waals surface area contributed by atoms with Crippen molar-refractivity contribution in [2.24, 2.45) is 0 Å². The molecule has 2 aromatic rings. The van der Waals surface area contributed by atoms with Gasteiger partial charge >= 0.3 is 0 Å². The van der Waals surface area contributed by atoms with Crippen LogP contribution in [0.1, 0.15) is 31.9 Å². The Labute approximate surface area is 111 Å². The molecule has 1 N–H and O–H groups in total. The maximum Gasteiger partial charge on any atom is 0.194 e. The molecule has 1 aliphatic rings. The fourth-order valence-electron chi connectivity index (χ4n) is 2.46. The lowest BCUT2D eigenvalue weighted by atomic mass is 9.91. The van der Waals surface area contributed by atoms with E-state index in [0.29, 0.717) is 0 Å². The van der Waals surface area contributed by atoms with Crippen LogP contribution in [0.4, 0.5) is 0 Å². The second kappa shape index (κ2) is 4.67. The molecule has 3 heteroatoms. The van der Waals surface area contributed by atoms with Gasteiger partial charge in [-0.25, -0.2) is 0 Å². The lowest BCUT2D eigenvalue weighted by Crippen LogP contribution is -2.25. The monoisotopic (exact) mass is 257 g/mol. The van der Waals surface area contributed by atoms with E-state index in [1.54, 1.807) is 11.3 Å². The average Bonchev–Trinajstić information content (AvgIpc) is 2.84. The highest BCUT2D eigenvalue weighted by molar-refractivity contribution is 7.10. The van der Waals surface area contributed by atoms with E-state index in [1.807, 2.05) is 30.5 Å². The Morgan fingerprint density at radius 1 is 1.39 bits per heavy atom. The van der Waals surface area contributed by atoms with Gasteiger partial charge in [0.2, 0.25) is 0 Å². The molecule has 0 aliphatic carbocycles. The van der Waals surface area contributed by atoms with Gasteiger partial charge in [0.15, 0.2) is 5.78 Å². The number of nitrogens with one attached hydrogen (secondary N) is 1. The molecule has 1 aliphatic heterocycles. The fourth-order valence-corrected chi connectivity index (χ4v) is 3.15. The van der Waals surface area contributed by atoms with E-state index < -0.39 is 0 Å². The van der Waals surface area contributed by atoms with Crippen LogP contribution in [0.2, 0.25) is 0 Å². The van der Waals surface area contributed by atoms with Crippen LogP contribution in [-0.2, 0) is 13.0 Å². The minimum Gasteiger partial charge on any atom is -0.312 e. The molecule has 0 amide bonds. The Balaban J connectivity index is 2.04. The molecule has 18 heavy (non-hydrogen) atoms. The molecule has 0 atom stereocenters. The van der Waals surface area contributed by atoms with Crippen LogP contribution in [0.5, 0.6) is 0 Å². The molecule has 2 nitrogen and oxygen atoms in total. The molecule has 3 rings (SSSR count). The molecule has 0 radical (unpaired) electrons. The standard InChI is InChI=1S/C15H15NOS/c1-10-7-12(9-18-10)15(17)14-4-2-3-11-8-16-6-5-13(11)14/h2-4,7,9,16H,5-6,8H2,1H3. The highest BCUT2D eigenvalue weighted by atomic mass is 32.1. The highest BCUT2D eigenvalue weighted by Crippen LogP contribution is 2.23. The van der Waals surface area contributed by atoms with Crippen molar-refractivity contribution in [3.63, 3.8) is 0 Å². The van der Waals surface area contributed by atoms with Crippen molar-refractivity contribution in [2.75, 3.05) is 6.54 Å². The summed E-state index contributed by atoms with van der Waals surface area (Å²) < 4.78 is 0. The lowest BCUT2D eigenvalue weighted by molar-refractivity contribution is 0.103. The molecule has 0 saturated carbocycles. The van der Waals surface area contributed by atoms with E-state index >= 15 is 0 Å². The van der Waals surface area contributed by atoms with Gasteiger partial charge in [0.1, 0.15) is 0 Å². The Morgan fingerprint density at radius 3 is 3.06 bits per heavy atom. The predicted octanol–water partition coefficient (Wildman–Crippen LogP) is 2.93. The average molecular weight is 257 g/mol. The van der Waals surface area contributed by atoms with Crippen molar-refractivity contribution in [1.82, 2.24) is 5.32 Å². The first-order chi connectivity index (χ1) is 8.75. The van der Waals surface area contributed by atoms with Gasteiger partial charge in [0.05, 0.1) is 0 Å². The molecule has 1 aromatic carbocycles. The summed E-state index contributed by atoms with van der Waals surface area (Å²) in [5, 5.41) is 5.30. The van der Waals surface area contributed by atoms with Crippen LogP contribution in [0.15, 0.2) is 29.6 Å². The van der Waals surface area contributed by atoms with E-state index in [-0.39, 0.29) is 5.78 Å². The molecule has 0 fully saturated rings. The summed E-state index contributed by atoms with van der Waals surface area (Å²) in [6, 6.07) is 8.03. The molecule has 92 valence electrons. The zero-order chi connectivity index (χ0) is 12.5. The molecule has 0 bridgehead atoms. The number of fused-ring (bicyclic) bond motifs is 1. The second-order valence-corrected chi connectivity index (χ2v) is 5.76. The third kappa shape index (κ3) is 2.00. The molecule has 0 unspecified atom stereocenters. The number of hydrogen-bond acceptors (Lipinski definition) is 3. The van der Waals surface area contributed by atoms with Crippen molar-refractivity contribution in [1.29, 1.82) is 0 Å². The van der Waals surface area contributed by atoms with Crippen molar-refractivity contribution >= 4 is 17.1 Å². The third-order valence-electron chi connectivity index (χ3n) is 3.38. The van der Waals surface area contributed by atoms with Gasteiger partial charge < -0.3 is 5.32 Å². The third-order valence-corrected chi connectivity index (χ3v) is 4.24. The maximum atomic E-state index is 12.5. The number of ketones is 1. The minimum atomic E-state index is 0.165. The van der Waals surface area contributed by atoms with Gasteiger partial charge in [0.25, 0.3) is 0 Å². The lowest BCUT2D eigenvalue weighted by Gasteiger charge is -2.19. The van der Waals surface area contributed by atoms with Crippen LogP contribution in [0.3, 0.4) is 0 Å². The second-order valence-electron chi connectivity index (χ2n) is 4.65. The van der Waals surface area contributed by atoms with Crippen LogP contribution in [0.25, 0.3) is 0 Å². The smallest absolute Gasteiger partial charge is 0.194 e. The van der Waals surface area contributed by atoms with Gasteiger partial charge in [-0.05, 0) is 37.1 Å². The Hall–Kier alpha value is -1.45. The van der Waals surface area contributed by atoms with Crippen LogP contribution in [0, 0.1) is 6.92 Å². The SMILES string of the molecule is Cc1cc(C(=O)c2cccc3c2CCNC3)cs1. The molecular formula is C15H15NOS. The quantitative estimate of drug-likeness (QED) is 0.838. The van der Waals surface area contributed by atoms with E-state index in [0.717, 1.165) is 30.6 Å². The van der Waals surface area contributed by atoms with Crippen LogP contribution < -0.4 is 5.32 Å². The van der Waals surface area contributed by atoms with Crippen molar-refractivity contribution in [2.45, 2.75) is 19.9 Å². The van der Waals surface area contributed by atoms with E-state index in [4.69, 9.17) is 0 Å². The van der Waals surface area contributed by atoms with Gasteiger partial charge in [-0.3, -0.25) is 4.79 Å². The molecule has 0 saturated heterocycles. The van der Waals surface area contributed by atoms with Crippen molar-refractivity contribution in [3.8, 4) is 0 Å². The summed E-state index contributed by atoms with van der Waals surface area (Å²) in [6.45, 7) is 3.87. The summed E-state index contributed by atoms with van der Waals surface area (Å²) in [4.78, 5) is 13.7. The van der Waals surface area contributed by atoms with Gasteiger partial charge in [0, 0.05) is 27.9 Å². The normalized spacial score (nSPS) is 14.3. The zero-order valence-electron chi connectivity index (χ0n) is 10.3. The summed E-state index contributed by atoms with van der Waals surface area (Å²) in [5.41, 5.74) is 4.19. The summed E-state index contributed by atoms with van der Waals surface area (Å²) >= 11 is 1.63. The topological polar surface area (TPSA) is 29.1 Å². The summed E-state index contributed by atoms with van der Waals surface area (Å²) in [6.07, 6.45) is 0.945. The molecule has 0 spiro atoms. The molecule has 2 heterocycles. The highest BCUT2D eigenvalue weighted by Gasteiger charge is 2.18. The van der Waals surface area contributed by atoms with E-state index in [2.05, 4.69) is 11.4 Å². The minimum absolute atomic E-state index is 0.165.